The van der Waals surface area contributed by atoms with Crippen molar-refractivity contribution in [2.24, 2.45) is 0 Å². The molecule has 1 amide bonds. The van der Waals surface area contributed by atoms with E-state index in [-0.39, 0.29) is 18.5 Å². The molecule has 1 fully saturated rings. The maximum Gasteiger partial charge on any atom is 0.409 e. The highest BCUT2D eigenvalue weighted by molar-refractivity contribution is 5.84. The number of amides is 1. The Hall–Kier alpha value is -2.28. The third-order valence-electron chi connectivity index (χ3n) is 5.64. The highest BCUT2D eigenvalue weighted by atomic mass is 19.4. The van der Waals surface area contributed by atoms with Gasteiger partial charge in [-0.1, -0.05) is 63.6 Å². The summed E-state index contributed by atoms with van der Waals surface area (Å²) in [6.07, 6.45) is 4.05. The molecule has 0 bridgehead atoms. The van der Waals surface area contributed by atoms with Crippen LogP contribution in [0.25, 0.3) is 10.8 Å². The summed E-state index contributed by atoms with van der Waals surface area (Å²) in [5, 5.41) is 2.51. The summed E-state index contributed by atoms with van der Waals surface area (Å²) in [7, 11) is 0. The zero-order valence-electron chi connectivity index (χ0n) is 18.0. The van der Waals surface area contributed by atoms with E-state index in [2.05, 4.69) is 12.3 Å². The van der Waals surface area contributed by atoms with E-state index in [4.69, 9.17) is 4.74 Å². The van der Waals surface area contributed by atoms with Gasteiger partial charge >= 0.3 is 6.18 Å². The zero-order chi connectivity index (χ0) is 22.3. The molecule has 3 rings (SSSR count). The molecule has 1 N–H and O–H groups in total. The molecule has 1 aliphatic rings. The first kappa shape index (κ1) is 23.4. The Morgan fingerprint density at radius 3 is 2.35 bits per heavy atom. The number of rotatable bonds is 11. The van der Waals surface area contributed by atoms with Crippen molar-refractivity contribution >= 4 is 16.7 Å². The van der Waals surface area contributed by atoms with Gasteiger partial charge in [0.15, 0.2) is 0 Å². The molecule has 7 heteroatoms. The molecular weight excluding hydrogens is 405 g/mol. The zero-order valence-corrected chi connectivity index (χ0v) is 18.0. The van der Waals surface area contributed by atoms with Crippen LogP contribution in [0.1, 0.15) is 69.9 Å². The van der Waals surface area contributed by atoms with Gasteiger partial charge in [0, 0.05) is 13.0 Å². The molecule has 0 spiro atoms. The molecule has 2 aromatic rings. The highest BCUT2D eigenvalue weighted by Crippen LogP contribution is 2.39. The van der Waals surface area contributed by atoms with Crippen LogP contribution in [0.15, 0.2) is 36.4 Å². The lowest BCUT2D eigenvalue weighted by Gasteiger charge is -2.29. The number of fused-ring (bicyclic) bond motifs is 1. The topological polar surface area (TPSA) is 41.6 Å². The fourth-order valence-electron chi connectivity index (χ4n) is 3.98. The van der Waals surface area contributed by atoms with Crippen molar-refractivity contribution in [1.82, 2.24) is 10.4 Å². The van der Waals surface area contributed by atoms with Crippen LogP contribution in [0.4, 0.5) is 13.2 Å². The van der Waals surface area contributed by atoms with Crippen LogP contribution in [0.5, 0.6) is 5.75 Å². The SMILES string of the molecule is CCCCCCCCCOc1ccc2cc(C(N3CCC(=O)N3)C(F)(F)F)ccc2c1. The standard InChI is InChI=1S/C24H31F3N2O2/c1-2-3-4-5-6-7-8-15-31-21-12-11-18-16-20(10-9-19(18)17-21)23(24(25,26)27)29-14-13-22(30)28-29/h9-12,16-17,23H,2-8,13-15H2,1H3,(H,28,30). The molecule has 4 nitrogen and oxygen atoms in total. The number of carbonyl (C=O) groups is 1. The molecule has 1 heterocycles. The second kappa shape index (κ2) is 10.8. The Balaban J connectivity index is 1.61. The summed E-state index contributed by atoms with van der Waals surface area (Å²) < 4.78 is 47.0. The Bertz CT molecular complexity index is 870. The maximum atomic E-state index is 13.7. The molecule has 0 aliphatic carbocycles. The van der Waals surface area contributed by atoms with Gasteiger partial charge in [-0.15, -0.1) is 0 Å². The number of nitrogens with one attached hydrogen (secondary N) is 1. The fraction of sp³-hybridized carbons (Fsp3) is 0.542. The monoisotopic (exact) mass is 436 g/mol. The first-order valence-electron chi connectivity index (χ1n) is 11.2. The highest BCUT2D eigenvalue weighted by Gasteiger charge is 2.46. The second-order valence-corrected chi connectivity index (χ2v) is 8.16. The summed E-state index contributed by atoms with van der Waals surface area (Å²) in [5.41, 5.74) is 2.43. The van der Waals surface area contributed by atoms with Crippen LogP contribution in [0.3, 0.4) is 0 Å². The second-order valence-electron chi connectivity index (χ2n) is 8.16. The third-order valence-corrected chi connectivity index (χ3v) is 5.64. The average Bonchev–Trinajstić information content (AvgIpc) is 3.14. The van der Waals surface area contributed by atoms with Gasteiger partial charge in [0.1, 0.15) is 11.8 Å². The number of carbonyl (C=O) groups excluding carboxylic acids is 1. The van der Waals surface area contributed by atoms with Gasteiger partial charge in [-0.05, 0) is 41.0 Å². The van der Waals surface area contributed by atoms with Gasteiger partial charge < -0.3 is 4.74 Å². The first-order valence-corrected chi connectivity index (χ1v) is 11.2. The van der Waals surface area contributed by atoms with Crippen molar-refractivity contribution < 1.29 is 22.7 Å². The molecule has 0 saturated carbocycles. The first-order chi connectivity index (χ1) is 14.9. The lowest BCUT2D eigenvalue weighted by atomic mass is 10.0. The number of hydrazine groups is 1. The molecule has 1 unspecified atom stereocenters. The van der Waals surface area contributed by atoms with E-state index in [0.717, 1.165) is 29.0 Å². The van der Waals surface area contributed by atoms with Crippen molar-refractivity contribution in [3.63, 3.8) is 0 Å². The lowest BCUT2D eigenvalue weighted by Crippen LogP contribution is -2.43. The summed E-state index contributed by atoms with van der Waals surface area (Å²) in [6.45, 7) is 2.88. The van der Waals surface area contributed by atoms with Gasteiger partial charge in [-0.3, -0.25) is 10.2 Å². The van der Waals surface area contributed by atoms with Crippen LogP contribution in [-0.2, 0) is 4.79 Å². The number of hydrogen-bond acceptors (Lipinski definition) is 3. The van der Waals surface area contributed by atoms with Gasteiger partial charge in [-0.25, -0.2) is 5.01 Å². The third kappa shape index (κ3) is 6.60. The summed E-state index contributed by atoms with van der Waals surface area (Å²) >= 11 is 0. The minimum absolute atomic E-state index is 0.0342. The predicted octanol–water partition coefficient (Wildman–Crippen LogP) is 6.31. The Labute approximate surface area is 181 Å². The van der Waals surface area contributed by atoms with Crippen molar-refractivity contribution in [2.75, 3.05) is 13.2 Å². The molecule has 1 aliphatic heterocycles. The predicted molar refractivity (Wildman–Crippen MR) is 116 cm³/mol. The van der Waals surface area contributed by atoms with E-state index in [1.807, 2.05) is 6.07 Å². The van der Waals surface area contributed by atoms with Gasteiger partial charge in [0.05, 0.1) is 6.61 Å². The van der Waals surface area contributed by atoms with Crippen LogP contribution < -0.4 is 10.2 Å². The molecule has 1 atom stereocenters. The normalized spacial score (nSPS) is 15.9. The van der Waals surface area contributed by atoms with Crippen molar-refractivity contribution in [3.8, 4) is 5.75 Å². The van der Waals surface area contributed by atoms with E-state index in [0.29, 0.717) is 12.0 Å². The lowest BCUT2D eigenvalue weighted by molar-refractivity contribution is -0.191. The van der Waals surface area contributed by atoms with Crippen molar-refractivity contribution in [2.45, 2.75) is 70.5 Å². The summed E-state index contributed by atoms with van der Waals surface area (Å²) in [6, 6.07) is 8.28. The van der Waals surface area contributed by atoms with Crippen molar-refractivity contribution in [1.29, 1.82) is 0 Å². The van der Waals surface area contributed by atoms with Crippen molar-refractivity contribution in [3.05, 3.63) is 42.0 Å². The van der Waals surface area contributed by atoms with Gasteiger partial charge in [0.2, 0.25) is 5.91 Å². The molecule has 0 radical (unpaired) electrons. The Morgan fingerprint density at radius 2 is 1.68 bits per heavy atom. The largest absolute Gasteiger partial charge is 0.494 e. The number of ether oxygens (including phenoxy) is 1. The maximum absolute atomic E-state index is 13.7. The fourth-order valence-corrected chi connectivity index (χ4v) is 3.98. The quantitative estimate of drug-likeness (QED) is 0.420. The molecule has 2 aromatic carbocycles. The smallest absolute Gasteiger partial charge is 0.409 e. The minimum atomic E-state index is -4.50. The van der Waals surface area contributed by atoms with E-state index < -0.39 is 18.1 Å². The molecule has 0 aromatic heterocycles. The van der Waals surface area contributed by atoms with Crippen LogP contribution in [0.2, 0.25) is 0 Å². The van der Waals surface area contributed by atoms with E-state index in [1.165, 1.54) is 44.2 Å². The molecule has 1 saturated heterocycles. The number of benzene rings is 2. The summed E-state index contributed by atoms with van der Waals surface area (Å²) in [5.74, 6) is 0.336. The Kier molecular flexibility index (Phi) is 8.18. The number of nitrogens with zero attached hydrogens (tertiary/aromatic N) is 1. The molecular formula is C24H31F3N2O2. The van der Waals surface area contributed by atoms with Gasteiger partial charge in [-0.2, -0.15) is 13.2 Å². The summed E-state index contributed by atoms with van der Waals surface area (Å²) in [4.78, 5) is 11.4. The number of unbranched alkanes of at least 4 members (excludes halogenated alkanes) is 6. The number of hydrogen-bond donors (Lipinski definition) is 1. The number of alkyl halides is 3. The van der Waals surface area contributed by atoms with Crippen LogP contribution in [-0.4, -0.2) is 30.2 Å². The van der Waals surface area contributed by atoms with Gasteiger partial charge in [0.25, 0.3) is 0 Å². The minimum Gasteiger partial charge on any atom is -0.494 e. The van der Waals surface area contributed by atoms with E-state index in [9.17, 15) is 18.0 Å². The average molecular weight is 437 g/mol. The number of halogens is 3. The Morgan fingerprint density at radius 1 is 1.00 bits per heavy atom. The van der Waals surface area contributed by atoms with Crippen LogP contribution >= 0.6 is 0 Å². The van der Waals surface area contributed by atoms with E-state index >= 15 is 0 Å². The molecule has 31 heavy (non-hydrogen) atoms. The van der Waals surface area contributed by atoms with E-state index in [1.54, 1.807) is 18.2 Å². The molecule has 170 valence electrons. The van der Waals surface area contributed by atoms with Crippen LogP contribution in [0, 0.1) is 0 Å².